The Kier molecular flexibility index (Phi) is 7.09. The number of carbonyl (C=O) groups is 1. The number of benzene rings is 1. The normalized spacial score (nSPS) is 10.4. The average Bonchev–Trinajstić information content (AvgIpc) is 2.33. The zero-order valence-corrected chi connectivity index (χ0v) is 11.7. The Bertz CT molecular complexity index is 397. The lowest BCUT2D eigenvalue weighted by molar-refractivity contribution is -0.116. The van der Waals surface area contributed by atoms with E-state index in [1.54, 1.807) is 18.2 Å². The third-order valence-electron chi connectivity index (χ3n) is 2.56. The lowest BCUT2D eigenvalue weighted by atomic mass is 10.1. The van der Waals surface area contributed by atoms with Gasteiger partial charge in [-0.2, -0.15) is 0 Å². The number of nitrogens with two attached hydrogens (primary N) is 1. The summed E-state index contributed by atoms with van der Waals surface area (Å²) in [6.07, 6.45) is 4.47. The first kappa shape index (κ1) is 15.3. The van der Waals surface area contributed by atoms with Gasteiger partial charge in [0, 0.05) is 11.4 Å². The van der Waals surface area contributed by atoms with Crippen molar-refractivity contribution < 1.29 is 4.79 Å². The van der Waals surface area contributed by atoms with Gasteiger partial charge in [-0.3, -0.25) is 4.79 Å². The zero-order chi connectivity index (χ0) is 13.4. The minimum atomic E-state index is -0.0353. The minimum Gasteiger partial charge on any atom is -0.330 e. The molecule has 0 radical (unpaired) electrons. The molecule has 0 spiro atoms. The molecule has 0 aromatic heterocycles. The van der Waals surface area contributed by atoms with Gasteiger partial charge in [-0.25, -0.2) is 0 Å². The highest BCUT2D eigenvalue weighted by molar-refractivity contribution is 6.35. The Morgan fingerprint density at radius 3 is 2.61 bits per heavy atom. The predicted molar refractivity (Wildman–Crippen MR) is 77.2 cm³/mol. The summed E-state index contributed by atoms with van der Waals surface area (Å²) in [6.45, 7) is 0.713. The molecular formula is C13H18Cl2N2O. The first-order chi connectivity index (χ1) is 8.63. The molecule has 0 aliphatic heterocycles. The van der Waals surface area contributed by atoms with Crippen LogP contribution in [-0.2, 0) is 4.79 Å². The summed E-state index contributed by atoms with van der Waals surface area (Å²) in [5.74, 6) is -0.0353. The van der Waals surface area contributed by atoms with Gasteiger partial charge in [0.2, 0.25) is 5.91 Å². The van der Waals surface area contributed by atoms with E-state index in [1.807, 2.05) is 0 Å². The number of hydrogen-bond acceptors (Lipinski definition) is 2. The second-order valence-electron chi connectivity index (χ2n) is 4.13. The highest BCUT2D eigenvalue weighted by Crippen LogP contribution is 2.25. The zero-order valence-electron chi connectivity index (χ0n) is 10.2. The van der Waals surface area contributed by atoms with Gasteiger partial charge in [-0.05, 0) is 37.6 Å². The van der Waals surface area contributed by atoms with Gasteiger partial charge in [0.05, 0.1) is 10.7 Å². The van der Waals surface area contributed by atoms with E-state index in [4.69, 9.17) is 28.9 Å². The van der Waals surface area contributed by atoms with Crippen molar-refractivity contribution in [3.63, 3.8) is 0 Å². The van der Waals surface area contributed by atoms with Gasteiger partial charge in [-0.15, -0.1) is 0 Å². The number of nitrogens with one attached hydrogen (secondary N) is 1. The number of anilines is 1. The molecule has 0 aliphatic carbocycles. The predicted octanol–water partition coefficient (Wildman–Crippen LogP) is 3.84. The van der Waals surface area contributed by atoms with Crippen molar-refractivity contribution in [2.75, 3.05) is 11.9 Å². The van der Waals surface area contributed by atoms with Crippen molar-refractivity contribution in [1.29, 1.82) is 0 Å². The fraction of sp³-hybridized carbons (Fsp3) is 0.462. The molecule has 0 bridgehead atoms. The standard InChI is InChI=1S/C13H18Cl2N2O/c14-10-6-7-11(15)12(9-10)17-13(18)5-3-1-2-4-8-16/h6-7,9H,1-5,8,16H2,(H,17,18). The summed E-state index contributed by atoms with van der Waals surface area (Å²) in [5.41, 5.74) is 5.96. The third-order valence-corrected chi connectivity index (χ3v) is 3.13. The fourth-order valence-corrected chi connectivity index (χ4v) is 1.93. The molecule has 0 aliphatic rings. The molecule has 3 N–H and O–H groups in total. The van der Waals surface area contributed by atoms with Crippen molar-refractivity contribution in [3.8, 4) is 0 Å². The van der Waals surface area contributed by atoms with Gasteiger partial charge in [0.1, 0.15) is 0 Å². The van der Waals surface area contributed by atoms with Crippen LogP contribution in [-0.4, -0.2) is 12.5 Å². The molecule has 1 aromatic rings. The first-order valence-corrected chi connectivity index (χ1v) is 6.84. The van der Waals surface area contributed by atoms with Crippen molar-refractivity contribution in [3.05, 3.63) is 28.2 Å². The summed E-state index contributed by atoms with van der Waals surface area (Å²) in [4.78, 5) is 11.7. The second kappa shape index (κ2) is 8.35. The quantitative estimate of drug-likeness (QED) is 0.749. The molecule has 0 heterocycles. The first-order valence-electron chi connectivity index (χ1n) is 6.08. The van der Waals surface area contributed by atoms with Crippen LogP contribution >= 0.6 is 23.2 Å². The van der Waals surface area contributed by atoms with E-state index in [0.717, 1.165) is 25.7 Å². The number of unbranched alkanes of at least 4 members (excludes halogenated alkanes) is 3. The van der Waals surface area contributed by atoms with Crippen molar-refractivity contribution in [2.24, 2.45) is 5.73 Å². The van der Waals surface area contributed by atoms with Crippen LogP contribution < -0.4 is 11.1 Å². The van der Waals surface area contributed by atoms with E-state index in [9.17, 15) is 4.79 Å². The molecular weight excluding hydrogens is 271 g/mol. The Hall–Kier alpha value is -0.770. The van der Waals surface area contributed by atoms with Gasteiger partial charge in [-0.1, -0.05) is 36.0 Å². The molecule has 0 saturated heterocycles. The molecule has 0 unspecified atom stereocenters. The molecule has 1 rings (SSSR count). The number of hydrogen-bond donors (Lipinski definition) is 2. The van der Waals surface area contributed by atoms with Crippen LogP contribution in [0.1, 0.15) is 32.1 Å². The highest BCUT2D eigenvalue weighted by Gasteiger charge is 2.06. The van der Waals surface area contributed by atoms with E-state index in [-0.39, 0.29) is 5.91 Å². The van der Waals surface area contributed by atoms with Gasteiger partial charge in [0.15, 0.2) is 0 Å². The summed E-state index contributed by atoms with van der Waals surface area (Å²) in [6, 6.07) is 5.00. The van der Waals surface area contributed by atoms with Crippen LogP contribution in [0, 0.1) is 0 Å². The van der Waals surface area contributed by atoms with E-state index < -0.39 is 0 Å². The number of rotatable bonds is 7. The van der Waals surface area contributed by atoms with Crippen molar-refractivity contribution >= 4 is 34.8 Å². The smallest absolute Gasteiger partial charge is 0.224 e. The number of halogens is 2. The monoisotopic (exact) mass is 288 g/mol. The van der Waals surface area contributed by atoms with Crippen molar-refractivity contribution in [2.45, 2.75) is 32.1 Å². The molecule has 1 aromatic carbocycles. The lowest BCUT2D eigenvalue weighted by Gasteiger charge is -2.07. The number of amides is 1. The molecule has 1 amide bonds. The molecule has 100 valence electrons. The van der Waals surface area contributed by atoms with Crippen LogP contribution in [0.3, 0.4) is 0 Å². The maximum absolute atomic E-state index is 11.7. The maximum Gasteiger partial charge on any atom is 0.224 e. The summed E-state index contributed by atoms with van der Waals surface area (Å²) in [7, 11) is 0. The Morgan fingerprint density at radius 2 is 1.89 bits per heavy atom. The largest absolute Gasteiger partial charge is 0.330 e. The summed E-state index contributed by atoms with van der Waals surface area (Å²) >= 11 is 11.8. The van der Waals surface area contributed by atoms with Crippen LogP contribution in [0.15, 0.2) is 18.2 Å². The molecule has 0 atom stereocenters. The topological polar surface area (TPSA) is 55.1 Å². The van der Waals surface area contributed by atoms with Gasteiger partial charge >= 0.3 is 0 Å². The van der Waals surface area contributed by atoms with Gasteiger partial charge < -0.3 is 11.1 Å². The average molecular weight is 289 g/mol. The van der Waals surface area contributed by atoms with E-state index in [2.05, 4.69) is 5.32 Å². The summed E-state index contributed by atoms with van der Waals surface area (Å²) < 4.78 is 0. The molecule has 0 fully saturated rings. The fourth-order valence-electron chi connectivity index (χ4n) is 1.59. The summed E-state index contributed by atoms with van der Waals surface area (Å²) in [5, 5.41) is 3.81. The van der Waals surface area contributed by atoms with Gasteiger partial charge in [0.25, 0.3) is 0 Å². The van der Waals surface area contributed by atoms with Crippen LogP contribution in [0.4, 0.5) is 5.69 Å². The molecule has 3 nitrogen and oxygen atoms in total. The Labute approximate surface area is 118 Å². The maximum atomic E-state index is 11.7. The minimum absolute atomic E-state index is 0.0353. The molecule has 18 heavy (non-hydrogen) atoms. The van der Waals surface area contributed by atoms with Crippen LogP contribution in [0.25, 0.3) is 0 Å². The third kappa shape index (κ3) is 5.71. The molecule has 5 heteroatoms. The lowest BCUT2D eigenvalue weighted by Crippen LogP contribution is -2.11. The SMILES string of the molecule is NCCCCCCC(=O)Nc1cc(Cl)ccc1Cl. The van der Waals surface area contributed by atoms with Crippen LogP contribution in [0.2, 0.25) is 10.0 Å². The van der Waals surface area contributed by atoms with E-state index >= 15 is 0 Å². The number of carbonyl (C=O) groups excluding carboxylic acids is 1. The van der Waals surface area contributed by atoms with Crippen LogP contribution in [0.5, 0.6) is 0 Å². The van der Waals surface area contributed by atoms with E-state index in [1.165, 1.54) is 0 Å². The molecule has 0 saturated carbocycles. The second-order valence-corrected chi connectivity index (χ2v) is 4.97. The Balaban J connectivity index is 2.33. The highest BCUT2D eigenvalue weighted by atomic mass is 35.5. The van der Waals surface area contributed by atoms with E-state index in [0.29, 0.717) is 28.7 Å². The Morgan fingerprint density at radius 1 is 1.17 bits per heavy atom. The van der Waals surface area contributed by atoms with Crippen molar-refractivity contribution in [1.82, 2.24) is 0 Å².